The third-order valence-electron chi connectivity index (χ3n) is 4.12. The van der Waals surface area contributed by atoms with Crippen molar-refractivity contribution in [3.63, 3.8) is 0 Å². The summed E-state index contributed by atoms with van der Waals surface area (Å²) in [4.78, 5) is 20.6. The smallest absolute Gasteiger partial charge is 0.270 e. The van der Waals surface area contributed by atoms with Gasteiger partial charge in [0.2, 0.25) is 0 Å². The Labute approximate surface area is 168 Å². The molecule has 0 atom stereocenters. The minimum Gasteiger partial charge on any atom is -0.497 e. The largest absolute Gasteiger partial charge is 0.497 e. The molecule has 0 aliphatic rings. The van der Waals surface area contributed by atoms with Gasteiger partial charge >= 0.3 is 0 Å². The first-order valence-corrected chi connectivity index (χ1v) is 9.23. The van der Waals surface area contributed by atoms with E-state index >= 15 is 0 Å². The molecule has 0 spiro atoms. The van der Waals surface area contributed by atoms with Gasteiger partial charge in [-0.05, 0) is 41.8 Å². The van der Waals surface area contributed by atoms with E-state index in [2.05, 4.69) is 20.6 Å². The lowest BCUT2D eigenvalue weighted by molar-refractivity contribution is 0.0946. The van der Waals surface area contributed by atoms with Crippen molar-refractivity contribution in [3.8, 4) is 5.75 Å². The first kappa shape index (κ1) is 19.6. The number of nitrogens with zero attached hydrogens (tertiary/aromatic N) is 2. The maximum atomic E-state index is 12.4. The molecule has 0 fully saturated rings. The van der Waals surface area contributed by atoms with Crippen molar-refractivity contribution < 1.29 is 9.53 Å². The topological polar surface area (TPSA) is 76.1 Å². The summed E-state index contributed by atoms with van der Waals surface area (Å²) in [5.74, 6) is 1.13. The summed E-state index contributed by atoms with van der Waals surface area (Å²) in [6.45, 7) is 1.08. The number of halogens is 1. The van der Waals surface area contributed by atoms with Crippen molar-refractivity contribution in [1.82, 2.24) is 15.3 Å². The first-order chi connectivity index (χ1) is 13.6. The van der Waals surface area contributed by atoms with Crippen LogP contribution in [-0.4, -0.2) is 29.5 Å². The molecule has 0 bridgehead atoms. The lowest BCUT2D eigenvalue weighted by Gasteiger charge is -2.08. The highest BCUT2D eigenvalue weighted by molar-refractivity contribution is 6.30. The van der Waals surface area contributed by atoms with Gasteiger partial charge in [0.25, 0.3) is 5.91 Å². The Balaban J connectivity index is 1.52. The standard InChI is InChI=1S/C21H21ClN4O2/c1-28-18-7-5-16(6-8-18)13-24-21(27)19-12-20(26-14-25-19)23-10-9-15-3-2-4-17(22)11-15/h2-8,11-12,14H,9-10,13H2,1H3,(H,24,27)(H,23,25,26). The minimum atomic E-state index is -0.254. The van der Waals surface area contributed by atoms with E-state index in [4.69, 9.17) is 16.3 Å². The summed E-state index contributed by atoms with van der Waals surface area (Å²) in [5.41, 5.74) is 2.42. The number of benzene rings is 2. The average molecular weight is 397 g/mol. The summed E-state index contributed by atoms with van der Waals surface area (Å²) in [5, 5.41) is 6.78. The Hall–Kier alpha value is -3.12. The van der Waals surface area contributed by atoms with Crippen molar-refractivity contribution in [1.29, 1.82) is 0 Å². The van der Waals surface area contributed by atoms with Gasteiger partial charge in [-0.15, -0.1) is 0 Å². The van der Waals surface area contributed by atoms with Crippen molar-refractivity contribution in [2.75, 3.05) is 19.0 Å². The van der Waals surface area contributed by atoms with E-state index in [1.165, 1.54) is 6.33 Å². The fraction of sp³-hybridized carbons (Fsp3) is 0.190. The van der Waals surface area contributed by atoms with Crippen LogP contribution in [0.1, 0.15) is 21.6 Å². The number of anilines is 1. The maximum absolute atomic E-state index is 12.4. The van der Waals surface area contributed by atoms with Crippen LogP contribution in [0.2, 0.25) is 5.02 Å². The van der Waals surface area contributed by atoms with Gasteiger partial charge in [-0.1, -0.05) is 35.9 Å². The lowest BCUT2D eigenvalue weighted by Crippen LogP contribution is -2.24. The molecule has 1 heterocycles. The second-order valence-electron chi connectivity index (χ2n) is 6.13. The molecule has 0 saturated heterocycles. The third-order valence-corrected chi connectivity index (χ3v) is 4.36. The van der Waals surface area contributed by atoms with Crippen molar-refractivity contribution in [3.05, 3.63) is 82.8 Å². The minimum absolute atomic E-state index is 0.254. The molecule has 28 heavy (non-hydrogen) atoms. The van der Waals surface area contributed by atoms with E-state index in [0.717, 1.165) is 28.3 Å². The second-order valence-corrected chi connectivity index (χ2v) is 6.56. The van der Waals surface area contributed by atoms with Gasteiger partial charge in [0.15, 0.2) is 0 Å². The van der Waals surface area contributed by atoms with Gasteiger partial charge in [-0.3, -0.25) is 4.79 Å². The zero-order valence-electron chi connectivity index (χ0n) is 15.5. The van der Waals surface area contributed by atoms with Crippen LogP contribution in [0.3, 0.4) is 0 Å². The highest BCUT2D eigenvalue weighted by Gasteiger charge is 2.08. The fourth-order valence-electron chi connectivity index (χ4n) is 2.62. The number of hydrogen-bond donors (Lipinski definition) is 2. The lowest BCUT2D eigenvalue weighted by atomic mass is 10.1. The summed E-state index contributed by atoms with van der Waals surface area (Å²) in [6, 6.07) is 16.9. The Bertz CT molecular complexity index is 932. The van der Waals surface area contributed by atoms with E-state index in [-0.39, 0.29) is 5.91 Å². The van der Waals surface area contributed by atoms with Crippen LogP contribution in [0.25, 0.3) is 0 Å². The molecule has 7 heteroatoms. The first-order valence-electron chi connectivity index (χ1n) is 8.85. The number of carbonyl (C=O) groups excluding carboxylic acids is 1. The number of nitrogens with one attached hydrogen (secondary N) is 2. The highest BCUT2D eigenvalue weighted by Crippen LogP contribution is 2.13. The molecule has 0 saturated carbocycles. The van der Waals surface area contributed by atoms with Crippen LogP contribution in [0.15, 0.2) is 60.9 Å². The van der Waals surface area contributed by atoms with Crippen LogP contribution >= 0.6 is 11.6 Å². The van der Waals surface area contributed by atoms with Crippen LogP contribution < -0.4 is 15.4 Å². The predicted molar refractivity (Wildman–Crippen MR) is 110 cm³/mol. The summed E-state index contributed by atoms with van der Waals surface area (Å²) < 4.78 is 5.13. The number of rotatable bonds is 8. The molecule has 0 aliphatic carbocycles. The molecular formula is C21H21ClN4O2. The van der Waals surface area contributed by atoms with E-state index < -0.39 is 0 Å². The number of carbonyl (C=O) groups is 1. The quantitative estimate of drug-likeness (QED) is 0.606. The zero-order valence-corrected chi connectivity index (χ0v) is 16.2. The van der Waals surface area contributed by atoms with Gasteiger partial charge in [-0.2, -0.15) is 0 Å². The van der Waals surface area contributed by atoms with E-state index in [1.54, 1.807) is 13.2 Å². The fourth-order valence-corrected chi connectivity index (χ4v) is 2.83. The number of hydrogen-bond acceptors (Lipinski definition) is 5. The van der Waals surface area contributed by atoms with Gasteiger partial charge in [0.1, 0.15) is 23.6 Å². The number of amides is 1. The Kier molecular flexibility index (Phi) is 6.81. The zero-order chi connectivity index (χ0) is 19.8. The van der Waals surface area contributed by atoms with Gasteiger partial charge in [0, 0.05) is 24.2 Å². The monoisotopic (exact) mass is 396 g/mol. The molecule has 1 aromatic heterocycles. The predicted octanol–water partition coefficient (Wildman–Crippen LogP) is 3.72. The molecular weight excluding hydrogens is 376 g/mol. The van der Waals surface area contributed by atoms with E-state index in [1.807, 2.05) is 48.5 Å². The number of methoxy groups -OCH3 is 1. The number of ether oxygens (including phenoxy) is 1. The molecule has 3 rings (SSSR count). The van der Waals surface area contributed by atoms with Gasteiger partial charge in [-0.25, -0.2) is 9.97 Å². The maximum Gasteiger partial charge on any atom is 0.270 e. The Morgan fingerprint density at radius 2 is 1.89 bits per heavy atom. The van der Waals surface area contributed by atoms with E-state index in [0.29, 0.717) is 24.6 Å². The molecule has 2 aromatic carbocycles. The van der Waals surface area contributed by atoms with Crippen LogP contribution in [0.4, 0.5) is 5.82 Å². The van der Waals surface area contributed by atoms with Crippen LogP contribution in [0, 0.1) is 0 Å². The van der Waals surface area contributed by atoms with Crippen molar-refractivity contribution in [2.24, 2.45) is 0 Å². The molecule has 6 nitrogen and oxygen atoms in total. The average Bonchev–Trinajstić information content (AvgIpc) is 2.73. The molecule has 0 aliphatic heterocycles. The summed E-state index contributed by atoms with van der Waals surface area (Å²) in [7, 11) is 1.62. The molecule has 2 N–H and O–H groups in total. The van der Waals surface area contributed by atoms with Crippen molar-refractivity contribution >= 4 is 23.3 Å². The summed E-state index contributed by atoms with van der Waals surface area (Å²) in [6.07, 6.45) is 2.17. The Morgan fingerprint density at radius 1 is 1.07 bits per heavy atom. The third kappa shape index (κ3) is 5.69. The summed E-state index contributed by atoms with van der Waals surface area (Å²) >= 11 is 5.99. The van der Waals surface area contributed by atoms with Crippen molar-refractivity contribution in [2.45, 2.75) is 13.0 Å². The number of aromatic nitrogens is 2. The van der Waals surface area contributed by atoms with Crippen LogP contribution in [-0.2, 0) is 13.0 Å². The Morgan fingerprint density at radius 3 is 2.64 bits per heavy atom. The normalized spacial score (nSPS) is 10.4. The van der Waals surface area contributed by atoms with Gasteiger partial charge in [0.05, 0.1) is 7.11 Å². The molecule has 0 radical (unpaired) electrons. The molecule has 144 valence electrons. The van der Waals surface area contributed by atoms with Crippen LogP contribution in [0.5, 0.6) is 5.75 Å². The molecule has 1 amide bonds. The molecule has 0 unspecified atom stereocenters. The highest BCUT2D eigenvalue weighted by atomic mass is 35.5. The van der Waals surface area contributed by atoms with Gasteiger partial charge < -0.3 is 15.4 Å². The molecule has 3 aromatic rings. The second kappa shape index (κ2) is 9.71. The van der Waals surface area contributed by atoms with E-state index in [9.17, 15) is 4.79 Å². The SMILES string of the molecule is COc1ccc(CNC(=O)c2cc(NCCc3cccc(Cl)c3)ncn2)cc1.